The van der Waals surface area contributed by atoms with E-state index in [1.54, 1.807) is 38.2 Å². The van der Waals surface area contributed by atoms with Gasteiger partial charge in [-0.25, -0.2) is 4.39 Å². The lowest BCUT2D eigenvalue weighted by molar-refractivity contribution is 0.0948. The number of halogens is 1. The summed E-state index contributed by atoms with van der Waals surface area (Å²) in [5.74, 6) is -1.54. The predicted octanol–water partition coefficient (Wildman–Crippen LogP) is 4.15. The SMILES string of the molecule is CCOP(=O)(CCCCNC(=O)c1c(O)c2ncc(Cc3ccc(F)cc3)cc2n(C)c1=O)OCC. The van der Waals surface area contributed by atoms with E-state index in [1.807, 2.05) is 0 Å². The zero-order valence-electron chi connectivity index (χ0n) is 20.6. The standard InChI is InChI=1S/C25H31FN3O6P/c1-4-34-36(33,35-5-2)13-7-6-12-27-24(31)21-23(30)22-20(29(3)25(21)32)15-18(16-28-22)14-17-8-10-19(26)11-9-17/h8-11,15-16,30H,4-7,12-14H2,1-3H3,(H,27,31). The van der Waals surface area contributed by atoms with Crippen molar-refractivity contribution in [3.63, 3.8) is 0 Å². The van der Waals surface area contributed by atoms with Crippen LogP contribution in [-0.4, -0.2) is 46.5 Å². The minimum absolute atomic E-state index is 0.125. The molecule has 0 aliphatic heterocycles. The third kappa shape index (κ3) is 6.57. The molecule has 3 aromatic rings. The number of nitrogens with one attached hydrogen (secondary N) is 1. The molecule has 11 heteroatoms. The highest BCUT2D eigenvalue weighted by molar-refractivity contribution is 7.53. The Balaban J connectivity index is 1.71. The first-order valence-electron chi connectivity index (χ1n) is 11.8. The van der Waals surface area contributed by atoms with E-state index in [2.05, 4.69) is 10.3 Å². The zero-order valence-corrected chi connectivity index (χ0v) is 21.5. The number of fused-ring (bicyclic) bond motifs is 1. The lowest BCUT2D eigenvalue weighted by Crippen LogP contribution is -2.33. The van der Waals surface area contributed by atoms with Gasteiger partial charge in [0, 0.05) is 19.8 Å². The average Bonchev–Trinajstić information content (AvgIpc) is 2.84. The first kappa shape index (κ1) is 27.5. The van der Waals surface area contributed by atoms with Crippen LogP contribution in [-0.2, 0) is 27.1 Å². The summed E-state index contributed by atoms with van der Waals surface area (Å²) < 4.78 is 37.4. The number of benzene rings is 1. The first-order chi connectivity index (χ1) is 17.2. The molecule has 0 fully saturated rings. The number of aromatic hydroxyl groups is 1. The van der Waals surface area contributed by atoms with Gasteiger partial charge < -0.3 is 24.0 Å². The summed E-state index contributed by atoms with van der Waals surface area (Å²) in [6, 6.07) is 7.77. The van der Waals surface area contributed by atoms with Gasteiger partial charge in [0.2, 0.25) is 0 Å². The number of unbranched alkanes of at least 4 members (excludes halogenated alkanes) is 1. The molecule has 2 N–H and O–H groups in total. The van der Waals surface area contributed by atoms with Crippen LogP contribution in [0, 0.1) is 5.82 Å². The lowest BCUT2D eigenvalue weighted by atomic mass is 10.1. The fourth-order valence-corrected chi connectivity index (χ4v) is 5.58. The van der Waals surface area contributed by atoms with Gasteiger partial charge in [0.1, 0.15) is 16.9 Å². The molecule has 0 unspecified atom stereocenters. The minimum atomic E-state index is -3.15. The Morgan fingerprint density at radius 2 is 1.81 bits per heavy atom. The molecule has 194 valence electrons. The number of hydrogen-bond acceptors (Lipinski definition) is 7. The van der Waals surface area contributed by atoms with Crippen LogP contribution in [0.5, 0.6) is 5.75 Å². The molecule has 36 heavy (non-hydrogen) atoms. The van der Waals surface area contributed by atoms with Crippen molar-refractivity contribution in [2.45, 2.75) is 33.1 Å². The van der Waals surface area contributed by atoms with Crippen LogP contribution in [0.25, 0.3) is 11.0 Å². The normalized spacial score (nSPS) is 11.7. The molecule has 0 spiro atoms. The number of amides is 1. The summed E-state index contributed by atoms with van der Waals surface area (Å²) in [7, 11) is -1.65. The highest BCUT2D eigenvalue weighted by Gasteiger charge is 2.24. The van der Waals surface area contributed by atoms with E-state index in [0.29, 0.717) is 24.8 Å². The van der Waals surface area contributed by atoms with Gasteiger partial charge in [0.25, 0.3) is 11.5 Å². The largest absolute Gasteiger partial charge is 0.505 e. The second-order valence-corrected chi connectivity index (χ2v) is 10.4. The highest BCUT2D eigenvalue weighted by Crippen LogP contribution is 2.48. The third-order valence-corrected chi connectivity index (χ3v) is 7.78. The summed E-state index contributed by atoms with van der Waals surface area (Å²) in [6.45, 7) is 4.25. The van der Waals surface area contributed by atoms with Crippen molar-refractivity contribution in [3.8, 4) is 5.75 Å². The second kappa shape index (κ2) is 12.3. The summed E-state index contributed by atoms with van der Waals surface area (Å²) in [4.78, 5) is 29.9. The van der Waals surface area contributed by atoms with Crippen LogP contribution in [0.4, 0.5) is 4.39 Å². The molecule has 2 aromatic heterocycles. The van der Waals surface area contributed by atoms with Crippen molar-refractivity contribution in [2.24, 2.45) is 7.05 Å². The lowest BCUT2D eigenvalue weighted by Gasteiger charge is -2.16. The molecule has 0 saturated carbocycles. The minimum Gasteiger partial charge on any atom is -0.505 e. The Labute approximate surface area is 208 Å². The maximum Gasteiger partial charge on any atom is 0.330 e. The molecule has 0 radical (unpaired) electrons. The smallest absolute Gasteiger partial charge is 0.330 e. The van der Waals surface area contributed by atoms with Gasteiger partial charge in [-0.15, -0.1) is 0 Å². The zero-order chi connectivity index (χ0) is 26.3. The number of rotatable bonds is 12. The van der Waals surface area contributed by atoms with Crippen molar-refractivity contribution >= 4 is 24.5 Å². The number of carbonyl (C=O) groups excluding carboxylic acids is 1. The average molecular weight is 520 g/mol. The van der Waals surface area contributed by atoms with Gasteiger partial charge in [-0.2, -0.15) is 0 Å². The summed E-state index contributed by atoms with van der Waals surface area (Å²) in [5, 5.41) is 13.3. The summed E-state index contributed by atoms with van der Waals surface area (Å²) in [5.41, 5.74) is 1.07. The first-order valence-corrected chi connectivity index (χ1v) is 13.5. The molecular formula is C25H31FN3O6P. The van der Waals surface area contributed by atoms with Gasteiger partial charge >= 0.3 is 7.60 Å². The molecule has 9 nitrogen and oxygen atoms in total. The quantitative estimate of drug-likeness (QED) is 0.273. The Bertz CT molecular complexity index is 1320. The van der Waals surface area contributed by atoms with E-state index in [4.69, 9.17) is 9.05 Å². The molecule has 0 aliphatic carbocycles. The Morgan fingerprint density at radius 3 is 2.44 bits per heavy atom. The fourth-order valence-electron chi connectivity index (χ4n) is 3.85. The van der Waals surface area contributed by atoms with E-state index in [9.17, 15) is 23.7 Å². The molecule has 0 bridgehead atoms. The second-order valence-electron chi connectivity index (χ2n) is 8.24. The molecular weight excluding hydrogens is 488 g/mol. The topological polar surface area (TPSA) is 120 Å². The Morgan fingerprint density at radius 1 is 1.14 bits per heavy atom. The molecule has 1 aromatic carbocycles. The van der Waals surface area contributed by atoms with Gasteiger partial charge in [-0.05, 0) is 62.4 Å². The van der Waals surface area contributed by atoms with E-state index >= 15 is 0 Å². The molecule has 1 amide bonds. The number of carbonyl (C=O) groups is 1. The van der Waals surface area contributed by atoms with Crippen LogP contribution in [0.3, 0.4) is 0 Å². The Hall–Kier alpha value is -3.07. The van der Waals surface area contributed by atoms with Crippen molar-refractivity contribution in [2.75, 3.05) is 25.9 Å². The molecule has 3 rings (SSSR count). The number of aryl methyl sites for hydroxylation is 1. The summed E-state index contributed by atoms with van der Waals surface area (Å²) in [6.07, 6.45) is 3.19. The van der Waals surface area contributed by atoms with Crippen LogP contribution < -0.4 is 10.9 Å². The number of aromatic nitrogens is 2. The molecule has 0 atom stereocenters. The van der Waals surface area contributed by atoms with E-state index in [0.717, 1.165) is 11.1 Å². The van der Waals surface area contributed by atoms with Crippen molar-refractivity contribution < 1.29 is 27.9 Å². The van der Waals surface area contributed by atoms with Gasteiger partial charge in [-0.1, -0.05) is 12.1 Å². The van der Waals surface area contributed by atoms with Gasteiger partial charge in [-0.3, -0.25) is 19.1 Å². The number of pyridine rings is 2. The number of hydrogen-bond donors (Lipinski definition) is 2. The van der Waals surface area contributed by atoms with Crippen molar-refractivity contribution in [3.05, 3.63) is 69.4 Å². The van der Waals surface area contributed by atoms with Crippen molar-refractivity contribution in [1.29, 1.82) is 0 Å². The van der Waals surface area contributed by atoms with Gasteiger partial charge in [0.15, 0.2) is 5.75 Å². The van der Waals surface area contributed by atoms with E-state index in [1.165, 1.54) is 23.7 Å². The maximum atomic E-state index is 13.2. The number of nitrogens with zero attached hydrogens (tertiary/aromatic N) is 2. The van der Waals surface area contributed by atoms with Crippen LogP contribution in [0.15, 0.2) is 41.3 Å². The predicted molar refractivity (Wildman–Crippen MR) is 135 cm³/mol. The maximum absolute atomic E-state index is 13.2. The highest BCUT2D eigenvalue weighted by atomic mass is 31.2. The molecule has 0 aliphatic rings. The third-order valence-electron chi connectivity index (χ3n) is 5.61. The van der Waals surface area contributed by atoms with Crippen LogP contribution in [0.1, 0.15) is 48.2 Å². The van der Waals surface area contributed by atoms with Crippen molar-refractivity contribution in [1.82, 2.24) is 14.9 Å². The van der Waals surface area contributed by atoms with E-state index in [-0.39, 0.29) is 37.3 Å². The van der Waals surface area contributed by atoms with Crippen LogP contribution in [0.2, 0.25) is 0 Å². The Kier molecular flexibility index (Phi) is 9.37. The van der Waals surface area contributed by atoms with Crippen LogP contribution >= 0.6 is 7.60 Å². The monoisotopic (exact) mass is 519 g/mol. The molecule has 2 heterocycles. The molecule has 0 saturated heterocycles. The van der Waals surface area contributed by atoms with E-state index < -0.39 is 30.4 Å². The van der Waals surface area contributed by atoms with Gasteiger partial charge in [0.05, 0.1) is 24.9 Å². The summed E-state index contributed by atoms with van der Waals surface area (Å²) >= 11 is 0. The fraction of sp³-hybridized carbons (Fsp3) is 0.400.